The Kier molecular flexibility index (Phi) is 3.40. The number of ketones is 1. The molecule has 2 rings (SSSR count). The first-order valence-electron chi connectivity index (χ1n) is 5.14. The van der Waals surface area contributed by atoms with Gasteiger partial charge in [-0.3, -0.25) is 9.78 Å². The number of pyridine rings is 1. The molecule has 0 fully saturated rings. The first kappa shape index (κ1) is 11.6. The van der Waals surface area contributed by atoms with Gasteiger partial charge in [0.2, 0.25) is 0 Å². The highest BCUT2D eigenvalue weighted by atomic mass is 35.5. The Hall–Kier alpha value is -1.87. The van der Waals surface area contributed by atoms with E-state index in [0.717, 1.165) is 5.69 Å². The van der Waals surface area contributed by atoms with Crippen molar-refractivity contribution < 1.29 is 4.79 Å². The van der Waals surface area contributed by atoms with Crippen LogP contribution in [0.5, 0.6) is 0 Å². The normalized spacial score (nSPS) is 10.0. The molecule has 17 heavy (non-hydrogen) atoms. The quantitative estimate of drug-likeness (QED) is 0.847. The van der Waals surface area contributed by atoms with Gasteiger partial charge >= 0.3 is 0 Å². The lowest BCUT2D eigenvalue weighted by Crippen LogP contribution is -2.05. The van der Waals surface area contributed by atoms with Gasteiger partial charge in [0.15, 0.2) is 5.78 Å². The number of anilines is 1. The number of hydrogen-bond acceptors (Lipinski definition) is 3. The van der Waals surface area contributed by atoms with Crippen LogP contribution in [0.4, 0.5) is 5.69 Å². The lowest BCUT2D eigenvalue weighted by molar-refractivity contribution is 0.103. The lowest BCUT2D eigenvalue weighted by atomic mass is 10.0. The van der Waals surface area contributed by atoms with Crippen LogP contribution in [0.1, 0.15) is 15.9 Å². The number of carbonyl (C=O) groups excluding carboxylic acids is 1. The van der Waals surface area contributed by atoms with E-state index in [2.05, 4.69) is 10.3 Å². The highest BCUT2D eigenvalue weighted by Crippen LogP contribution is 2.22. The number of nitrogens with zero attached hydrogens (tertiary/aromatic N) is 1. The van der Waals surface area contributed by atoms with Crippen molar-refractivity contribution in [2.24, 2.45) is 0 Å². The number of hydrogen-bond donors (Lipinski definition) is 1. The number of nitrogens with one attached hydrogen (secondary N) is 1. The molecule has 0 atom stereocenters. The second-order valence-corrected chi connectivity index (χ2v) is 3.94. The van der Waals surface area contributed by atoms with E-state index in [0.29, 0.717) is 16.1 Å². The summed E-state index contributed by atoms with van der Waals surface area (Å²) in [5.41, 5.74) is 1.92. The van der Waals surface area contributed by atoms with Crippen molar-refractivity contribution in [2.75, 3.05) is 12.4 Å². The second-order valence-electron chi connectivity index (χ2n) is 3.50. The lowest BCUT2D eigenvalue weighted by Gasteiger charge is -2.08. The van der Waals surface area contributed by atoms with Crippen LogP contribution in [-0.4, -0.2) is 17.8 Å². The van der Waals surface area contributed by atoms with E-state index in [4.69, 9.17) is 11.6 Å². The van der Waals surface area contributed by atoms with Crippen molar-refractivity contribution in [3.63, 3.8) is 0 Å². The molecule has 0 bridgehead atoms. The van der Waals surface area contributed by atoms with E-state index in [9.17, 15) is 4.79 Å². The maximum absolute atomic E-state index is 12.3. The third-order valence-electron chi connectivity index (χ3n) is 2.44. The Morgan fingerprint density at radius 3 is 2.59 bits per heavy atom. The Morgan fingerprint density at radius 2 is 1.94 bits per heavy atom. The van der Waals surface area contributed by atoms with Gasteiger partial charge in [-0.15, -0.1) is 0 Å². The third kappa shape index (κ3) is 2.45. The summed E-state index contributed by atoms with van der Waals surface area (Å²) in [7, 11) is 1.77. The van der Waals surface area contributed by atoms with Gasteiger partial charge in [-0.25, -0.2) is 0 Å². The fraction of sp³-hybridized carbons (Fsp3) is 0.0769. The summed E-state index contributed by atoms with van der Waals surface area (Å²) in [6.45, 7) is 0. The zero-order valence-electron chi connectivity index (χ0n) is 9.27. The maximum atomic E-state index is 12.3. The topological polar surface area (TPSA) is 42.0 Å². The van der Waals surface area contributed by atoms with Gasteiger partial charge in [0, 0.05) is 41.3 Å². The van der Waals surface area contributed by atoms with Crippen LogP contribution >= 0.6 is 11.6 Å². The first-order chi connectivity index (χ1) is 8.22. The van der Waals surface area contributed by atoms with Gasteiger partial charge in [-0.2, -0.15) is 0 Å². The molecule has 0 saturated heterocycles. The van der Waals surface area contributed by atoms with Crippen LogP contribution in [0.15, 0.2) is 42.7 Å². The standard InChI is InChI=1S/C13H11ClN2O/c1-15-12-3-2-10(14)8-11(12)13(17)9-4-6-16-7-5-9/h2-8,15H,1H3. The molecule has 4 heteroatoms. The summed E-state index contributed by atoms with van der Waals surface area (Å²) < 4.78 is 0. The van der Waals surface area contributed by atoms with Gasteiger partial charge in [0.1, 0.15) is 0 Å². The molecule has 0 radical (unpaired) electrons. The smallest absolute Gasteiger partial charge is 0.195 e. The fourth-order valence-corrected chi connectivity index (χ4v) is 1.75. The molecule has 0 aliphatic carbocycles. The molecule has 1 aromatic heterocycles. The second kappa shape index (κ2) is 4.97. The molecule has 0 unspecified atom stereocenters. The molecule has 0 amide bonds. The highest BCUT2D eigenvalue weighted by molar-refractivity contribution is 6.31. The minimum atomic E-state index is -0.0701. The van der Waals surface area contributed by atoms with Gasteiger partial charge in [-0.1, -0.05) is 11.6 Å². The van der Waals surface area contributed by atoms with E-state index in [-0.39, 0.29) is 5.78 Å². The van der Waals surface area contributed by atoms with Crippen LogP contribution in [0.3, 0.4) is 0 Å². The van der Waals surface area contributed by atoms with E-state index in [1.165, 1.54) is 0 Å². The Morgan fingerprint density at radius 1 is 1.24 bits per heavy atom. The number of carbonyl (C=O) groups is 1. The van der Waals surface area contributed by atoms with Crippen LogP contribution in [0.25, 0.3) is 0 Å². The number of aromatic nitrogens is 1. The molecule has 1 heterocycles. The maximum Gasteiger partial charge on any atom is 0.195 e. The van der Waals surface area contributed by atoms with Crippen LogP contribution in [0, 0.1) is 0 Å². The van der Waals surface area contributed by atoms with Crippen LogP contribution < -0.4 is 5.32 Å². The number of halogens is 1. The fourth-order valence-electron chi connectivity index (χ4n) is 1.58. The molecular weight excluding hydrogens is 236 g/mol. The minimum absolute atomic E-state index is 0.0701. The van der Waals surface area contributed by atoms with E-state index in [1.807, 2.05) is 0 Å². The van der Waals surface area contributed by atoms with E-state index >= 15 is 0 Å². The molecule has 2 aromatic rings. The molecule has 1 N–H and O–H groups in total. The molecular formula is C13H11ClN2O. The first-order valence-corrected chi connectivity index (χ1v) is 5.52. The van der Waals surface area contributed by atoms with Crippen molar-refractivity contribution in [3.8, 4) is 0 Å². The molecule has 0 saturated carbocycles. The molecule has 0 aliphatic heterocycles. The van der Waals surface area contributed by atoms with Crippen LogP contribution in [0.2, 0.25) is 5.02 Å². The van der Waals surface area contributed by atoms with Gasteiger partial charge in [0.05, 0.1) is 0 Å². The molecule has 86 valence electrons. The van der Waals surface area contributed by atoms with Gasteiger partial charge in [-0.05, 0) is 30.3 Å². The number of rotatable bonds is 3. The van der Waals surface area contributed by atoms with Crippen molar-refractivity contribution in [2.45, 2.75) is 0 Å². The summed E-state index contributed by atoms with van der Waals surface area (Å²) in [6.07, 6.45) is 3.19. The SMILES string of the molecule is CNc1ccc(Cl)cc1C(=O)c1ccncc1. The predicted octanol–water partition coefficient (Wildman–Crippen LogP) is 3.01. The summed E-state index contributed by atoms with van der Waals surface area (Å²) in [5.74, 6) is -0.0701. The summed E-state index contributed by atoms with van der Waals surface area (Å²) >= 11 is 5.91. The third-order valence-corrected chi connectivity index (χ3v) is 2.67. The summed E-state index contributed by atoms with van der Waals surface area (Å²) in [6, 6.07) is 8.56. The van der Waals surface area contributed by atoms with Crippen LogP contribution in [-0.2, 0) is 0 Å². The van der Waals surface area contributed by atoms with Crippen molar-refractivity contribution in [1.29, 1.82) is 0 Å². The Balaban J connectivity index is 2.47. The Bertz CT molecular complexity index is 540. The minimum Gasteiger partial charge on any atom is -0.388 e. The largest absolute Gasteiger partial charge is 0.388 e. The zero-order valence-corrected chi connectivity index (χ0v) is 10.0. The molecule has 1 aromatic carbocycles. The summed E-state index contributed by atoms with van der Waals surface area (Å²) in [5, 5.41) is 3.52. The van der Waals surface area contributed by atoms with E-state index in [1.54, 1.807) is 49.8 Å². The zero-order chi connectivity index (χ0) is 12.3. The molecule has 0 spiro atoms. The monoisotopic (exact) mass is 246 g/mol. The van der Waals surface area contributed by atoms with Gasteiger partial charge in [0.25, 0.3) is 0 Å². The molecule has 0 aliphatic rings. The highest BCUT2D eigenvalue weighted by Gasteiger charge is 2.13. The number of benzene rings is 1. The predicted molar refractivity (Wildman–Crippen MR) is 68.7 cm³/mol. The molecule has 3 nitrogen and oxygen atoms in total. The average Bonchev–Trinajstić information content (AvgIpc) is 2.39. The van der Waals surface area contributed by atoms with E-state index < -0.39 is 0 Å². The average molecular weight is 247 g/mol. The van der Waals surface area contributed by atoms with Gasteiger partial charge < -0.3 is 5.32 Å². The van der Waals surface area contributed by atoms with Crippen molar-refractivity contribution >= 4 is 23.1 Å². The van der Waals surface area contributed by atoms with Crippen molar-refractivity contribution in [1.82, 2.24) is 4.98 Å². The Labute approximate surface area is 104 Å². The van der Waals surface area contributed by atoms with Crippen molar-refractivity contribution in [3.05, 3.63) is 58.9 Å². The summed E-state index contributed by atoms with van der Waals surface area (Å²) in [4.78, 5) is 16.1.